The first-order chi connectivity index (χ1) is 7.72. The highest BCUT2D eigenvalue weighted by atomic mass is 32.2. The second-order valence-electron chi connectivity index (χ2n) is 4.49. The summed E-state index contributed by atoms with van der Waals surface area (Å²) in [5.74, 6) is 3.85. The normalized spacial score (nSPS) is 19.9. The molecule has 2 heterocycles. The number of aryl methyl sites for hydroxylation is 2. The molecule has 2 N–H and O–H groups in total. The van der Waals surface area contributed by atoms with Crippen LogP contribution in [0.5, 0.6) is 0 Å². The Balaban J connectivity index is 2.14. The van der Waals surface area contributed by atoms with Gasteiger partial charge in [0, 0.05) is 17.3 Å². The van der Waals surface area contributed by atoms with E-state index in [2.05, 4.69) is 30.6 Å². The lowest BCUT2D eigenvalue weighted by atomic mass is 9.88. The predicted octanol–water partition coefficient (Wildman–Crippen LogP) is 2.95. The molecular weight excluding hydrogens is 236 g/mol. The van der Waals surface area contributed by atoms with Crippen molar-refractivity contribution in [3.05, 3.63) is 15.6 Å². The molecule has 0 radical (unpaired) electrons. The number of thiazole rings is 1. The minimum absolute atomic E-state index is 0.498. The summed E-state index contributed by atoms with van der Waals surface area (Å²) in [5.41, 5.74) is 7.14. The summed E-state index contributed by atoms with van der Waals surface area (Å²) in [7, 11) is 0. The standard InChI is InChI=1S/C12H20N2S2/c1-8-9(2)16-12(14-8)11(7-13)10-3-5-15-6-4-10/h10-11H,3-7,13H2,1-2H3. The first-order valence-electron chi connectivity index (χ1n) is 5.94. The minimum Gasteiger partial charge on any atom is -0.330 e. The quantitative estimate of drug-likeness (QED) is 0.903. The number of aromatic nitrogens is 1. The Morgan fingerprint density at radius 3 is 2.56 bits per heavy atom. The van der Waals surface area contributed by atoms with Crippen molar-refractivity contribution in [1.29, 1.82) is 0 Å². The Bertz CT molecular complexity index is 323. The van der Waals surface area contributed by atoms with Gasteiger partial charge in [0.05, 0.1) is 10.7 Å². The zero-order chi connectivity index (χ0) is 11.5. The lowest BCUT2D eigenvalue weighted by molar-refractivity contribution is 0.399. The Morgan fingerprint density at radius 1 is 1.38 bits per heavy atom. The van der Waals surface area contributed by atoms with E-state index in [1.54, 1.807) is 0 Å². The van der Waals surface area contributed by atoms with E-state index in [1.807, 2.05) is 11.3 Å². The highest BCUT2D eigenvalue weighted by Crippen LogP contribution is 2.36. The molecule has 1 aliphatic heterocycles. The van der Waals surface area contributed by atoms with Crippen molar-refractivity contribution >= 4 is 23.1 Å². The van der Waals surface area contributed by atoms with Crippen molar-refractivity contribution in [3.8, 4) is 0 Å². The lowest BCUT2D eigenvalue weighted by Crippen LogP contribution is -2.24. The molecule has 90 valence electrons. The van der Waals surface area contributed by atoms with Crippen LogP contribution in [0.2, 0.25) is 0 Å². The molecule has 2 nitrogen and oxygen atoms in total. The molecule has 1 aromatic rings. The molecule has 1 atom stereocenters. The van der Waals surface area contributed by atoms with E-state index < -0.39 is 0 Å². The molecule has 16 heavy (non-hydrogen) atoms. The third kappa shape index (κ3) is 2.60. The van der Waals surface area contributed by atoms with Gasteiger partial charge in [0.2, 0.25) is 0 Å². The summed E-state index contributed by atoms with van der Waals surface area (Å²) in [6, 6.07) is 0. The van der Waals surface area contributed by atoms with Crippen molar-refractivity contribution in [2.75, 3.05) is 18.1 Å². The minimum atomic E-state index is 0.498. The number of hydrogen-bond acceptors (Lipinski definition) is 4. The number of nitrogens with two attached hydrogens (primary N) is 1. The van der Waals surface area contributed by atoms with Crippen LogP contribution in [0, 0.1) is 19.8 Å². The molecule has 2 rings (SSSR count). The summed E-state index contributed by atoms with van der Waals surface area (Å²) in [4.78, 5) is 6.03. The van der Waals surface area contributed by atoms with E-state index in [-0.39, 0.29) is 0 Å². The summed E-state index contributed by atoms with van der Waals surface area (Å²) in [6.45, 7) is 5.00. The van der Waals surface area contributed by atoms with Gasteiger partial charge in [-0.3, -0.25) is 0 Å². The first-order valence-corrected chi connectivity index (χ1v) is 7.91. The Hall–Kier alpha value is -0.0600. The summed E-state index contributed by atoms with van der Waals surface area (Å²) >= 11 is 3.92. The van der Waals surface area contributed by atoms with Gasteiger partial charge in [0.1, 0.15) is 0 Å². The van der Waals surface area contributed by atoms with Crippen LogP contribution in [0.4, 0.5) is 0 Å². The second-order valence-corrected chi connectivity index (χ2v) is 6.95. The SMILES string of the molecule is Cc1nc(C(CN)C2CCSCC2)sc1C. The Kier molecular flexibility index (Phi) is 4.27. The molecule has 0 aromatic carbocycles. The zero-order valence-electron chi connectivity index (χ0n) is 10.0. The molecule has 1 saturated heterocycles. The van der Waals surface area contributed by atoms with Gasteiger partial charge in [0.15, 0.2) is 0 Å². The maximum absolute atomic E-state index is 5.95. The zero-order valence-corrected chi connectivity index (χ0v) is 11.7. The summed E-state index contributed by atoms with van der Waals surface area (Å²) in [6.07, 6.45) is 2.62. The Labute approximate surface area is 106 Å². The first kappa shape index (κ1) is 12.4. The van der Waals surface area contributed by atoms with E-state index in [0.717, 1.165) is 12.5 Å². The van der Waals surface area contributed by atoms with Gasteiger partial charge in [0.25, 0.3) is 0 Å². The van der Waals surface area contributed by atoms with Crippen LogP contribution in [0.15, 0.2) is 0 Å². The van der Waals surface area contributed by atoms with Crippen LogP contribution in [-0.2, 0) is 0 Å². The van der Waals surface area contributed by atoms with Crippen LogP contribution in [0.25, 0.3) is 0 Å². The fourth-order valence-corrected chi connectivity index (χ4v) is 4.54. The van der Waals surface area contributed by atoms with Crippen LogP contribution in [0.3, 0.4) is 0 Å². The van der Waals surface area contributed by atoms with Crippen LogP contribution in [-0.4, -0.2) is 23.0 Å². The van der Waals surface area contributed by atoms with E-state index in [1.165, 1.54) is 39.9 Å². The third-order valence-electron chi connectivity index (χ3n) is 3.45. The summed E-state index contributed by atoms with van der Waals surface area (Å²) < 4.78 is 0. The van der Waals surface area contributed by atoms with Crippen LogP contribution < -0.4 is 5.73 Å². The number of hydrogen-bond donors (Lipinski definition) is 1. The molecule has 0 spiro atoms. The lowest BCUT2D eigenvalue weighted by Gasteiger charge is -2.27. The molecule has 1 aliphatic rings. The molecule has 1 fully saturated rings. The highest BCUT2D eigenvalue weighted by molar-refractivity contribution is 7.99. The molecule has 1 unspecified atom stereocenters. The van der Waals surface area contributed by atoms with Gasteiger partial charge in [-0.25, -0.2) is 4.98 Å². The van der Waals surface area contributed by atoms with Crippen LogP contribution >= 0.6 is 23.1 Å². The number of nitrogens with zero attached hydrogens (tertiary/aromatic N) is 1. The highest BCUT2D eigenvalue weighted by Gasteiger charge is 2.26. The van der Waals surface area contributed by atoms with Gasteiger partial charge in [-0.1, -0.05) is 0 Å². The van der Waals surface area contributed by atoms with E-state index >= 15 is 0 Å². The largest absolute Gasteiger partial charge is 0.330 e. The smallest absolute Gasteiger partial charge is 0.0977 e. The van der Waals surface area contributed by atoms with Crippen molar-refractivity contribution in [1.82, 2.24) is 4.98 Å². The molecule has 0 amide bonds. The number of thioether (sulfide) groups is 1. The van der Waals surface area contributed by atoms with Crippen LogP contribution in [0.1, 0.15) is 34.3 Å². The molecule has 0 aliphatic carbocycles. The van der Waals surface area contributed by atoms with E-state index in [4.69, 9.17) is 5.73 Å². The fourth-order valence-electron chi connectivity index (χ4n) is 2.27. The second kappa shape index (κ2) is 5.52. The predicted molar refractivity (Wildman–Crippen MR) is 73.4 cm³/mol. The fraction of sp³-hybridized carbons (Fsp3) is 0.750. The molecule has 0 bridgehead atoms. The average molecular weight is 256 g/mol. The third-order valence-corrected chi connectivity index (χ3v) is 5.70. The van der Waals surface area contributed by atoms with Gasteiger partial charge in [-0.2, -0.15) is 11.8 Å². The maximum atomic E-state index is 5.95. The van der Waals surface area contributed by atoms with Crippen molar-refractivity contribution in [2.24, 2.45) is 11.7 Å². The maximum Gasteiger partial charge on any atom is 0.0977 e. The van der Waals surface area contributed by atoms with Gasteiger partial charge in [-0.15, -0.1) is 11.3 Å². The molecule has 1 aromatic heterocycles. The Morgan fingerprint density at radius 2 is 2.06 bits per heavy atom. The monoisotopic (exact) mass is 256 g/mol. The van der Waals surface area contributed by atoms with Crippen molar-refractivity contribution in [2.45, 2.75) is 32.6 Å². The summed E-state index contributed by atoms with van der Waals surface area (Å²) in [5, 5.41) is 1.27. The van der Waals surface area contributed by atoms with E-state index in [0.29, 0.717) is 5.92 Å². The van der Waals surface area contributed by atoms with Gasteiger partial charge in [-0.05, 0) is 44.1 Å². The van der Waals surface area contributed by atoms with Crippen molar-refractivity contribution < 1.29 is 0 Å². The van der Waals surface area contributed by atoms with Crippen molar-refractivity contribution in [3.63, 3.8) is 0 Å². The van der Waals surface area contributed by atoms with E-state index in [9.17, 15) is 0 Å². The average Bonchev–Trinajstić information content (AvgIpc) is 2.61. The molecular formula is C12H20N2S2. The van der Waals surface area contributed by atoms with Gasteiger partial charge >= 0.3 is 0 Å². The topological polar surface area (TPSA) is 38.9 Å². The molecule has 0 saturated carbocycles. The number of rotatable bonds is 3. The van der Waals surface area contributed by atoms with Gasteiger partial charge < -0.3 is 5.73 Å². The molecule has 4 heteroatoms.